The maximum absolute atomic E-state index is 13.5. The number of sulfonamides is 1. The van der Waals surface area contributed by atoms with Crippen molar-refractivity contribution < 1.29 is 8.42 Å². The molecular weight excluding hydrogens is 418 g/mol. The first kappa shape index (κ1) is 18.2. The quantitative estimate of drug-likeness (QED) is 0.680. The molecule has 0 spiro atoms. The third kappa shape index (κ3) is 2.88. The highest BCUT2D eigenvalue weighted by molar-refractivity contribution is 7.89. The van der Waals surface area contributed by atoms with Crippen molar-refractivity contribution >= 4 is 33.0 Å². The minimum Gasteiger partial charge on any atom is -0.282 e. The second kappa shape index (κ2) is 6.62. The molecule has 2 bridgehead atoms. The van der Waals surface area contributed by atoms with Crippen LogP contribution in [0.1, 0.15) is 46.1 Å². The van der Waals surface area contributed by atoms with Crippen LogP contribution in [0.3, 0.4) is 0 Å². The van der Waals surface area contributed by atoms with E-state index in [4.69, 9.17) is 11.6 Å². The van der Waals surface area contributed by atoms with Gasteiger partial charge in [0.25, 0.3) is 0 Å². The summed E-state index contributed by atoms with van der Waals surface area (Å²) in [6.45, 7) is 1.94. The number of H-pyrrole nitrogens is 1. The van der Waals surface area contributed by atoms with E-state index in [1.165, 1.54) is 0 Å². The minimum atomic E-state index is -3.66. The molecule has 10 heteroatoms. The zero-order valence-corrected chi connectivity index (χ0v) is 17.4. The van der Waals surface area contributed by atoms with Crippen LogP contribution in [0.5, 0.6) is 0 Å². The van der Waals surface area contributed by atoms with E-state index in [1.54, 1.807) is 46.1 Å². The Labute approximate surface area is 171 Å². The van der Waals surface area contributed by atoms with Gasteiger partial charge in [0.1, 0.15) is 10.0 Å². The Hall–Kier alpha value is -1.81. The molecule has 0 aliphatic carbocycles. The predicted molar refractivity (Wildman–Crippen MR) is 106 cm³/mol. The fraction of sp³-hybridized carbons (Fsp3) is 0.389. The van der Waals surface area contributed by atoms with Gasteiger partial charge < -0.3 is 0 Å². The summed E-state index contributed by atoms with van der Waals surface area (Å²) in [6, 6.07) is 5.96. The number of hydrogen-bond acceptors (Lipinski definition) is 6. The van der Waals surface area contributed by atoms with Gasteiger partial charge >= 0.3 is 0 Å². The highest BCUT2D eigenvalue weighted by atomic mass is 35.5. The molecule has 3 atom stereocenters. The van der Waals surface area contributed by atoms with Gasteiger partial charge in [-0.2, -0.15) is 9.40 Å². The van der Waals surface area contributed by atoms with Crippen molar-refractivity contribution in [3.05, 3.63) is 56.8 Å². The first-order chi connectivity index (χ1) is 13.4. The summed E-state index contributed by atoms with van der Waals surface area (Å²) in [7, 11) is -3.66. The SMILES string of the molecule is Cc1nnc(C2CC3Cc4[nH]ncc4C(C2)N3S(=O)(=O)c2ccc(Cl)cc2)s1. The Bertz CT molecular complexity index is 1130. The first-order valence-electron chi connectivity index (χ1n) is 9.04. The number of nitrogens with one attached hydrogen (secondary N) is 1. The largest absolute Gasteiger partial charge is 0.282 e. The molecule has 4 heterocycles. The summed E-state index contributed by atoms with van der Waals surface area (Å²) in [5.41, 5.74) is 1.99. The van der Waals surface area contributed by atoms with Crippen LogP contribution >= 0.6 is 22.9 Å². The summed E-state index contributed by atoms with van der Waals surface area (Å²) >= 11 is 7.55. The number of rotatable bonds is 3. The molecule has 2 aliphatic rings. The molecule has 3 unspecified atom stereocenters. The highest BCUT2D eigenvalue weighted by Crippen LogP contribution is 2.49. The third-order valence-electron chi connectivity index (χ3n) is 5.56. The number of fused-ring (bicyclic) bond motifs is 4. The van der Waals surface area contributed by atoms with Gasteiger partial charge in [-0.05, 0) is 44.0 Å². The maximum Gasteiger partial charge on any atom is 0.243 e. The molecule has 5 rings (SSSR count). The minimum absolute atomic E-state index is 0.151. The van der Waals surface area contributed by atoms with Crippen LogP contribution in [-0.4, -0.2) is 39.2 Å². The van der Waals surface area contributed by atoms with Crippen LogP contribution in [0.4, 0.5) is 0 Å². The number of piperidine rings is 1. The van der Waals surface area contributed by atoms with Crippen LogP contribution in [0.15, 0.2) is 35.4 Å². The van der Waals surface area contributed by atoms with Gasteiger partial charge in [-0.1, -0.05) is 11.6 Å². The molecule has 146 valence electrons. The third-order valence-corrected chi connectivity index (χ3v) is 8.79. The molecule has 2 aromatic heterocycles. The molecule has 3 aromatic rings. The molecule has 2 aliphatic heterocycles. The number of hydrogen-bond donors (Lipinski definition) is 1. The van der Waals surface area contributed by atoms with Gasteiger partial charge in [0.05, 0.1) is 17.1 Å². The van der Waals surface area contributed by atoms with E-state index in [1.807, 2.05) is 6.92 Å². The number of halogens is 1. The molecule has 0 amide bonds. The lowest BCUT2D eigenvalue weighted by Crippen LogP contribution is -2.51. The van der Waals surface area contributed by atoms with E-state index in [2.05, 4.69) is 20.4 Å². The van der Waals surface area contributed by atoms with Gasteiger partial charge in [-0.3, -0.25) is 5.10 Å². The fourth-order valence-corrected chi connectivity index (χ4v) is 7.14. The summed E-state index contributed by atoms with van der Waals surface area (Å²) in [5.74, 6) is 0.195. The van der Waals surface area contributed by atoms with E-state index in [9.17, 15) is 8.42 Å². The van der Waals surface area contributed by atoms with Gasteiger partial charge in [0.15, 0.2) is 0 Å². The molecule has 28 heavy (non-hydrogen) atoms. The number of aromatic amines is 1. The predicted octanol–water partition coefficient (Wildman–Crippen LogP) is 3.46. The monoisotopic (exact) mass is 435 g/mol. The Balaban J connectivity index is 1.57. The normalized spacial score (nSPS) is 24.9. The van der Waals surface area contributed by atoms with Gasteiger partial charge in [-0.15, -0.1) is 21.5 Å². The van der Waals surface area contributed by atoms with E-state index >= 15 is 0 Å². The summed E-state index contributed by atoms with van der Waals surface area (Å²) < 4.78 is 28.7. The topological polar surface area (TPSA) is 91.8 Å². The zero-order valence-electron chi connectivity index (χ0n) is 15.0. The Morgan fingerprint density at radius 1 is 1.21 bits per heavy atom. The Morgan fingerprint density at radius 2 is 2.00 bits per heavy atom. The van der Waals surface area contributed by atoms with Crippen LogP contribution in [-0.2, 0) is 16.4 Å². The molecule has 1 fully saturated rings. The average Bonchev–Trinajstić information content (AvgIpc) is 3.30. The number of benzene rings is 1. The van der Waals surface area contributed by atoms with E-state index in [0.29, 0.717) is 17.9 Å². The average molecular weight is 436 g/mol. The molecule has 1 saturated heterocycles. The van der Waals surface area contributed by atoms with Gasteiger partial charge in [0, 0.05) is 34.7 Å². The van der Waals surface area contributed by atoms with E-state index in [-0.39, 0.29) is 22.9 Å². The standard InChI is InChI=1S/C18H18ClN5O2S2/c1-10-21-23-18(27-10)11-6-13-8-16-15(9-20-22-16)17(7-11)24(13)28(25,26)14-4-2-12(19)3-5-14/h2-5,9,11,13,17H,6-8H2,1H3,(H,20,22). The van der Waals surface area contributed by atoms with Crippen molar-refractivity contribution in [3.8, 4) is 0 Å². The van der Waals surface area contributed by atoms with Crippen molar-refractivity contribution in [1.29, 1.82) is 0 Å². The lowest BCUT2D eigenvalue weighted by Gasteiger charge is -2.46. The van der Waals surface area contributed by atoms with E-state index in [0.717, 1.165) is 27.7 Å². The molecule has 7 nitrogen and oxygen atoms in total. The maximum atomic E-state index is 13.5. The lowest BCUT2D eigenvalue weighted by atomic mass is 9.79. The molecule has 0 saturated carbocycles. The van der Waals surface area contributed by atoms with Crippen molar-refractivity contribution in [1.82, 2.24) is 24.7 Å². The second-order valence-corrected chi connectivity index (χ2v) is 10.8. The van der Waals surface area contributed by atoms with Crippen molar-refractivity contribution in [2.24, 2.45) is 0 Å². The fourth-order valence-electron chi connectivity index (χ4n) is 4.37. The molecular formula is C18H18ClN5O2S2. The number of aryl methyl sites for hydroxylation is 1. The van der Waals surface area contributed by atoms with Crippen LogP contribution in [0.2, 0.25) is 5.02 Å². The summed E-state index contributed by atoms with van der Waals surface area (Å²) in [4.78, 5) is 0.268. The van der Waals surface area contributed by atoms with Crippen LogP contribution < -0.4 is 0 Å². The summed E-state index contributed by atoms with van der Waals surface area (Å²) in [5, 5.41) is 18.1. The zero-order chi connectivity index (χ0) is 19.5. The Morgan fingerprint density at radius 3 is 2.71 bits per heavy atom. The lowest BCUT2D eigenvalue weighted by molar-refractivity contribution is 0.145. The smallest absolute Gasteiger partial charge is 0.243 e. The van der Waals surface area contributed by atoms with Crippen molar-refractivity contribution in [3.63, 3.8) is 0 Å². The highest BCUT2D eigenvalue weighted by Gasteiger charge is 2.48. The molecule has 1 N–H and O–H groups in total. The van der Waals surface area contributed by atoms with Gasteiger partial charge in [-0.25, -0.2) is 8.42 Å². The Kier molecular flexibility index (Phi) is 4.31. The molecule has 0 radical (unpaired) electrons. The second-order valence-electron chi connectivity index (χ2n) is 7.29. The number of nitrogens with zero attached hydrogens (tertiary/aromatic N) is 4. The summed E-state index contributed by atoms with van der Waals surface area (Å²) in [6.07, 6.45) is 3.77. The van der Waals surface area contributed by atoms with Crippen molar-refractivity contribution in [2.75, 3.05) is 0 Å². The van der Waals surface area contributed by atoms with Gasteiger partial charge in [0.2, 0.25) is 10.0 Å². The molecule has 1 aromatic carbocycles. The van der Waals surface area contributed by atoms with E-state index < -0.39 is 10.0 Å². The number of aromatic nitrogens is 4. The van der Waals surface area contributed by atoms with Crippen molar-refractivity contribution in [2.45, 2.75) is 49.1 Å². The van der Waals surface area contributed by atoms with Crippen LogP contribution in [0, 0.1) is 6.92 Å². The first-order valence-corrected chi connectivity index (χ1v) is 11.7. The van der Waals surface area contributed by atoms with Crippen LogP contribution in [0.25, 0.3) is 0 Å².